The molecule has 0 radical (unpaired) electrons. The molecule has 1 heterocycles. The second kappa shape index (κ2) is 6.02. The van der Waals surface area contributed by atoms with E-state index in [1.165, 1.54) is 11.8 Å². The van der Waals surface area contributed by atoms with Crippen molar-refractivity contribution in [2.45, 2.75) is 37.5 Å². The fraction of sp³-hybridized carbons (Fsp3) is 0.700. The molecular formula is C10H17N3O3S. The SMILES string of the molecule is CNC(C)(CCCSc1nnc(C)o1)C(=O)O. The molecule has 6 nitrogen and oxygen atoms in total. The number of likely N-dealkylation sites (N-methyl/N-ethyl adjacent to an activating group) is 1. The number of nitrogens with one attached hydrogen (secondary N) is 1. The highest BCUT2D eigenvalue weighted by Gasteiger charge is 2.30. The van der Waals surface area contributed by atoms with Crippen LogP contribution >= 0.6 is 11.8 Å². The van der Waals surface area contributed by atoms with Crippen LogP contribution in [0.2, 0.25) is 0 Å². The van der Waals surface area contributed by atoms with Crippen LogP contribution in [0.5, 0.6) is 0 Å². The Morgan fingerprint density at radius 1 is 1.59 bits per heavy atom. The van der Waals surface area contributed by atoms with Crippen molar-refractivity contribution in [2.24, 2.45) is 0 Å². The summed E-state index contributed by atoms with van der Waals surface area (Å²) in [5.41, 5.74) is -0.870. The van der Waals surface area contributed by atoms with Crippen molar-refractivity contribution in [3.8, 4) is 0 Å². The van der Waals surface area contributed by atoms with Gasteiger partial charge in [-0.3, -0.25) is 4.79 Å². The maximum absolute atomic E-state index is 11.0. The zero-order chi connectivity index (χ0) is 12.9. The number of hydrogen-bond donors (Lipinski definition) is 2. The minimum atomic E-state index is -0.870. The molecule has 17 heavy (non-hydrogen) atoms. The predicted octanol–water partition coefficient (Wildman–Crippen LogP) is 1.31. The maximum Gasteiger partial charge on any atom is 0.323 e. The number of carboxylic acid groups (broad SMARTS) is 1. The van der Waals surface area contributed by atoms with E-state index in [9.17, 15) is 4.79 Å². The second-order valence-corrected chi connectivity index (χ2v) is 4.97. The molecule has 7 heteroatoms. The van der Waals surface area contributed by atoms with Crippen LogP contribution in [0.15, 0.2) is 9.64 Å². The van der Waals surface area contributed by atoms with Crippen LogP contribution in [0.1, 0.15) is 25.7 Å². The molecule has 1 aromatic heterocycles. The third-order valence-corrected chi connectivity index (χ3v) is 3.48. The van der Waals surface area contributed by atoms with Gasteiger partial charge in [0, 0.05) is 12.7 Å². The van der Waals surface area contributed by atoms with E-state index in [2.05, 4.69) is 15.5 Å². The average Bonchev–Trinajstić information content (AvgIpc) is 2.70. The number of rotatable bonds is 7. The molecule has 0 spiro atoms. The number of nitrogens with zero attached hydrogens (tertiary/aromatic N) is 2. The van der Waals surface area contributed by atoms with Gasteiger partial charge in [-0.15, -0.1) is 10.2 Å². The first-order valence-corrected chi connectivity index (χ1v) is 6.32. The van der Waals surface area contributed by atoms with Crippen molar-refractivity contribution in [3.63, 3.8) is 0 Å². The minimum Gasteiger partial charge on any atom is -0.480 e. The van der Waals surface area contributed by atoms with E-state index in [1.54, 1.807) is 20.9 Å². The molecule has 1 rings (SSSR count). The van der Waals surface area contributed by atoms with Gasteiger partial charge in [-0.25, -0.2) is 0 Å². The van der Waals surface area contributed by atoms with E-state index in [0.29, 0.717) is 17.5 Å². The van der Waals surface area contributed by atoms with E-state index in [-0.39, 0.29) is 0 Å². The smallest absolute Gasteiger partial charge is 0.323 e. The number of carbonyl (C=O) groups is 1. The normalized spacial score (nSPS) is 14.5. The van der Waals surface area contributed by atoms with Crippen molar-refractivity contribution in [2.75, 3.05) is 12.8 Å². The first kappa shape index (κ1) is 14.0. The zero-order valence-corrected chi connectivity index (χ0v) is 11.0. The van der Waals surface area contributed by atoms with E-state index in [4.69, 9.17) is 9.52 Å². The molecule has 0 amide bonds. The lowest BCUT2D eigenvalue weighted by Gasteiger charge is -2.23. The summed E-state index contributed by atoms with van der Waals surface area (Å²) in [6.07, 6.45) is 1.31. The highest BCUT2D eigenvalue weighted by molar-refractivity contribution is 7.99. The quantitative estimate of drug-likeness (QED) is 0.563. The van der Waals surface area contributed by atoms with Gasteiger partial charge in [-0.1, -0.05) is 11.8 Å². The number of hydrogen-bond acceptors (Lipinski definition) is 6. The van der Waals surface area contributed by atoms with Gasteiger partial charge in [0.15, 0.2) is 0 Å². The predicted molar refractivity (Wildman–Crippen MR) is 64.1 cm³/mol. The minimum absolute atomic E-state index is 0.531. The highest BCUT2D eigenvalue weighted by atomic mass is 32.2. The summed E-state index contributed by atoms with van der Waals surface area (Å²) < 4.78 is 5.20. The standard InChI is InChI=1S/C10H17N3O3S/c1-7-12-13-9(16-7)17-6-4-5-10(2,11-3)8(14)15/h11H,4-6H2,1-3H3,(H,14,15). The summed E-state index contributed by atoms with van der Waals surface area (Å²) in [4.78, 5) is 11.0. The van der Waals surface area contributed by atoms with Gasteiger partial charge in [0.1, 0.15) is 5.54 Å². The summed E-state index contributed by atoms with van der Waals surface area (Å²) in [6.45, 7) is 3.41. The van der Waals surface area contributed by atoms with Gasteiger partial charge in [-0.2, -0.15) is 0 Å². The molecule has 1 unspecified atom stereocenters. The van der Waals surface area contributed by atoms with Gasteiger partial charge in [-0.05, 0) is 26.8 Å². The molecule has 96 valence electrons. The number of aromatic nitrogens is 2. The van der Waals surface area contributed by atoms with Crippen molar-refractivity contribution in [3.05, 3.63) is 5.89 Å². The summed E-state index contributed by atoms with van der Waals surface area (Å²) in [5.74, 6) is 0.461. The number of carboxylic acids is 1. The van der Waals surface area contributed by atoms with Crippen LogP contribution in [0, 0.1) is 6.92 Å². The Morgan fingerprint density at radius 3 is 2.76 bits per heavy atom. The Kier molecular flexibility index (Phi) is 4.95. The number of thioether (sulfide) groups is 1. The van der Waals surface area contributed by atoms with Crippen LogP contribution in [0.25, 0.3) is 0 Å². The Hall–Kier alpha value is -1.08. The molecule has 0 saturated carbocycles. The van der Waals surface area contributed by atoms with Crippen LogP contribution in [-0.4, -0.2) is 39.6 Å². The first-order chi connectivity index (χ1) is 7.98. The Labute approximate surface area is 104 Å². The summed E-state index contributed by atoms with van der Waals surface area (Å²) in [6, 6.07) is 0. The van der Waals surface area contributed by atoms with Crippen molar-refractivity contribution >= 4 is 17.7 Å². The van der Waals surface area contributed by atoms with Gasteiger partial charge in [0.05, 0.1) is 0 Å². The van der Waals surface area contributed by atoms with Crippen LogP contribution in [-0.2, 0) is 4.79 Å². The molecular weight excluding hydrogens is 242 g/mol. The van der Waals surface area contributed by atoms with Crippen LogP contribution in [0.3, 0.4) is 0 Å². The molecule has 1 aromatic rings. The molecule has 0 fully saturated rings. The lowest BCUT2D eigenvalue weighted by Crippen LogP contribution is -2.47. The molecule has 0 aliphatic carbocycles. The Balaban J connectivity index is 2.30. The largest absolute Gasteiger partial charge is 0.480 e. The topological polar surface area (TPSA) is 88.3 Å². The molecule has 0 aliphatic rings. The maximum atomic E-state index is 11.0. The summed E-state index contributed by atoms with van der Waals surface area (Å²) in [7, 11) is 1.66. The van der Waals surface area contributed by atoms with Crippen molar-refractivity contribution in [1.29, 1.82) is 0 Å². The Morgan fingerprint density at radius 2 is 2.29 bits per heavy atom. The van der Waals surface area contributed by atoms with Gasteiger partial charge < -0.3 is 14.8 Å². The van der Waals surface area contributed by atoms with Gasteiger partial charge in [0.25, 0.3) is 5.22 Å². The molecule has 2 N–H and O–H groups in total. The van der Waals surface area contributed by atoms with E-state index >= 15 is 0 Å². The molecule has 0 bridgehead atoms. The van der Waals surface area contributed by atoms with Gasteiger partial charge >= 0.3 is 5.97 Å². The third kappa shape index (κ3) is 4.01. The third-order valence-electron chi connectivity index (χ3n) is 2.58. The van der Waals surface area contributed by atoms with Crippen LogP contribution in [0.4, 0.5) is 0 Å². The van der Waals surface area contributed by atoms with E-state index in [1.807, 2.05) is 0 Å². The first-order valence-electron chi connectivity index (χ1n) is 5.33. The van der Waals surface area contributed by atoms with E-state index in [0.717, 1.165) is 12.2 Å². The second-order valence-electron chi connectivity index (χ2n) is 3.93. The molecule has 1 atom stereocenters. The summed E-state index contributed by atoms with van der Waals surface area (Å²) >= 11 is 1.44. The molecule has 0 aliphatic heterocycles. The fourth-order valence-electron chi connectivity index (χ4n) is 1.26. The Bertz CT molecular complexity index is 383. The fourth-order valence-corrected chi connectivity index (χ4v) is 2.00. The number of aliphatic carboxylic acids is 1. The van der Waals surface area contributed by atoms with Crippen molar-refractivity contribution < 1.29 is 14.3 Å². The van der Waals surface area contributed by atoms with Gasteiger partial charge in [0.2, 0.25) is 5.89 Å². The highest BCUT2D eigenvalue weighted by Crippen LogP contribution is 2.20. The number of aryl methyl sites for hydroxylation is 1. The van der Waals surface area contributed by atoms with Crippen molar-refractivity contribution in [1.82, 2.24) is 15.5 Å². The molecule has 0 saturated heterocycles. The lowest BCUT2D eigenvalue weighted by molar-refractivity contribution is -0.144. The summed E-state index contributed by atoms with van der Waals surface area (Å²) in [5, 5.41) is 20.0. The lowest BCUT2D eigenvalue weighted by atomic mass is 9.97. The monoisotopic (exact) mass is 259 g/mol. The molecule has 0 aromatic carbocycles. The average molecular weight is 259 g/mol. The zero-order valence-electron chi connectivity index (χ0n) is 10.2. The van der Waals surface area contributed by atoms with Crippen LogP contribution < -0.4 is 5.32 Å². The van der Waals surface area contributed by atoms with E-state index < -0.39 is 11.5 Å².